The van der Waals surface area contributed by atoms with Crippen LogP contribution in [0.4, 0.5) is 0 Å². The van der Waals surface area contributed by atoms with Gasteiger partial charge in [-0.05, 0) is 17.5 Å². The molecule has 1 aromatic heterocycles. The Hall–Kier alpha value is -3.93. The number of para-hydroxylation sites is 1. The number of carboxylic acid groups (broad SMARTS) is 2. The monoisotopic (exact) mass is 489 g/mol. The number of aromatic amines is 1. The molecule has 0 bridgehead atoms. The summed E-state index contributed by atoms with van der Waals surface area (Å²) in [6, 6.07) is 3.74. The van der Waals surface area contributed by atoms with Crippen molar-refractivity contribution in [2.75, 3.05) is 6.54 Å². The number of H-pyrrole nitrogens is 1. The Bertz CT molecular complexity index is 1080. The molecule has 0 radical (unpaired) electrons. The molecule has 4 atom stereocenters. The van der Waals surface area contributed by atoms with Crippen LogP contribution in [0, 0.1) is 5.92 Å². The highest BCUT2D eigenvalue weighted by Gasteiger charge is 2.29. The van der Waals surface area contributed by atoms with Gasteiger partial charge in [0.25, 0.3) is 0 Å². The molecule has 0 fully saturated rings. The minimum atomic E-state index is -1.34. The van der Waals surface area contributed by atoms with Gasteiger partial charge >= 0.3 is 11.9 Å². The number of aromatic nitrogens is 1. The van der Waals surface area contributed by atoms with Crippen molar-refractivity contribution in [3.8, 4) is 0 Å². The van der Waals surface area contributed by atoms with Crippen LogP contribution in [0.5, 0.6) is 0 Å². The second-order valence-electron chi connectivity index (χ2n) is 8.32. The number of aliphatic carboxylic acids is 2. The summed E-state index contributed by atoms with van der Waals surface area (Å²) in [5, 5.41) is 26.4. The Morgan fingerprint density at radius 3 is 2.37 bits per heavy atom. The first-order chi connectivity index (χ1) is 16.5. The van der Waals surface area contributed by atoms with Crippen LogP contribution in [-0.4, -0.2) is 69.5 Å². The van der Waals surface area contributed by atoms with Gasteiger partial charge in [-0.2, -0.15) is 0 Å². The molecule has 35 heavy (non-hydrogen) atoms. The number of amides is 3. The van der Waals surface area contributed by atoms with Gasteiger partial charge in [0.1, 0.15) is 12.1 Å². The SMILES string of the molecule is CCC(C)C(NC(=O)C(N)CC(=O)O)C(=O)NCC(=O)NC(Cc1c[nH]c2ccccc12)C(=O)O. The quantitative estimate of drug-likeness (QED) is 0.199. The topological polar surface area (TPSA) is 204 Å². The van der Waals surface area contributed by atoms with Gasteiger partial charge in [-0.25, -0.2) is 4.79 Å². The predicted octanol–water partition coefficient (Wildman–Crippen LogP) is -0.271. The number of hydrogen-bond acceptors (Lipinski definition) is 6. The van der Waals surface area contributed by atoms with Crippen LogP contribution in [0.15, 0.2) is 30.5 Å². The Morgan fingerprint density at radius 2 is 1.74 bits per heavy atom. The van der Waals surface area contributed by atoms with Crippen molar-refractivity contribution in [1.82, 2.24) is 20.9 Å². The fraction of sp³-hybridized carbons (Fsp3) is 0.435. The molecule has 0 aliphatic heterocycles. The van der Waals surface area contributed by atoms with Crippen molar-refractivity contribution in [3.05, 3.63) is 36.0 Å². The van der Waals surface area contributed by atoms with Crippen LogP contribution in [0.3, 0.4) is 0 Å². The lowest BCUT2D eigenvalue weighted by Gasteiger charge is -2.25. The van der Waals surface area contributed by atoms with Gasteiger partial charge in [-0.1, -0.05) is 38.5 Å². The molecule has 0 saturated carbocycles. The Balaban J connectivity index is 1.98. The normalized spacial score (nSPS) is 14.4. The smallest absolute Gasteiger partial charge is 0.326 e. The third-order valence-corrected chi connectivity index (χ3v) is 5.68. The largest absolute Gasteiger partial charge is 0.481 e. The van der Waals surface area contributed by atoms with E-state index in [0.717, 1.165) is 16.5 Å². The summed E-state index contributed by atoms with van der Waals surface area (Å²) < 4.78 is 0. The number of hydrogen-bond donors (Lipinski definition) is 7. The zero-order valence-electron chi connectivity index (χ0n) is 19.5. The molecule has 4 unspecified atom stereocenters. The molecule has 12 heteroatoms. The average Bonchev–Trinajstić information content (AvgIpc) is 3.22. The van der Waals surface area contributed by atoms with Crippen molar-refractivity contribution in [1.29, 1.82) is 0 Å². The summed E-state index contributed by atoms with van der Waals surface area (Å²) >= 11 is 0. The molecule has 1 aromatic carbocycles. The Labute approximate surface area is 201 Å². The van der Waals surface area contributed by atoms with E-state index in [-0.39, 0.29) is 12.3 Å². The molecule has 0 aliphatic rings. The van der Waals surface area contributed by atoms with E-state index in [0.29, 0.717) is 6.42 Å². The van der Waals surface area contributed by atoms with E-state index in [9.17, 15) is 29.1 Å². The maximum absolute atomic E-state index is 12.7. The number of nitrogens with two attached hydrogens (primary N) is 1. The maximum atomic E-state index is 12.7. The standard InChI is InChI=1S/C23H31N5O7/c1-3-12(2)20(28-21(32)15(24)9-19(30)31)22(33)26-11-18(29)27-17(23(34)35)8-13-10-25-16-7-5-4-6-14(13)16/h4-7,10,12,15,17,20,25H,3,8-9,11,24H2,1-2H3,(H,26,33)(H,27,29)(H,28,32)(H,30,31)(H,34,35). The van der Waals surface area contributed by atoms with Gasteiger partial charge in [0.15, 0.2) is 0 Å². The van der Waals surface area contributed by atoms with Gasteiger partial charge < -0.3 is 36.9 Å². The molecule has 0 aliphatic carbocycles. The number of carbonyl (C=O) groups is 5. The number of rotatable bonds is 13. The first-order valence-corrected chi connectivity index (χ1v) is 11.2. The first-order valence-electron chi connectivity index (χ1n) is 11.2. The minimum Gasteiger partial charge on any atom is -0.481 e. The zero-order chi connectivity index (χ0) is 26.1. The minimum absolute atomic E-state index is 0.0338. The van der Waals surface area contributed by atoms with Gasteiger partial charge in [-0.3, -0.25) is 19.2 Å². The summed E-state index contributed by atoms with van der Waals surface area (Å²) in [5.41, 5.74) is 7.11. The Morgan fingerprint density at radius 1 is 1.06 bits per heavy atom. The van der Waals surface area contributed by atoms with E-state index in [4.69, 9.17) is 10.8 Å². The lowest BCUT2D eigenvalue weighted by Crippen LogP contribution is -2.56. The van der Waals surface area contributed by atoms with Crippen molar-refractivity contribution in [3.63, 3.8) is 0 Å². The van der Waals surface area contributed by atoms with Crippen LogP contribution >= 0.6 is 0 Å². The number of carbonyl (C=O) groups excluding carboxylic acids is 3. The molecular formula is C23H31N5O7. The number of carboxylic acids is 2. The summed E-state index contributed by atoms with van der Waals surface area (Å²) in [7, 11) is 0. The predicted molar refractivity (Wildman–Crippen MR) is 126 cm³/mol. The van der Waals surface area contributed by atoms with Crippen LogP contribution in [-0.2, 0) is 30.4 Å². The summed E-state index contributed by atoms with van der Waals surface area (Å²) in [6.45, 7) is 2.98. The molecule has 1 heterocycles. The third-order valence-electron chi connectivity index (χ3n) is 5.68. The number of nitrogens with one attached hydrogen (secondary N) is 4. The fourth-order valence-electron chi connectivity index (χ4n) is 3.49. The highest BCUT2D eigenvalue weighted by Crippen LogP contribution is 2.19. The highest BCUT2D eigenvalue weighted by atomic mass is 16.4. The number of fused-ring (bicyclic) bond motifs is 1. The molecule has 2 aromatic rings. The van der Waals surface area contributed by atoms with E-state index < -0.39 is 60.8 Å². The van der Waals surface area contributed by atoms with E-state index in [2.05, 4.69) is 20.9 Å². The Kier molecular flexibility index (Phi) is 9.76. The lowest BCUT2D eigenvalue weighted by molar-refractivity contribution is -0.141. The molecular weight excluding hydrogens is 458 g/mol. The second-order valence-corrected chi connectivity index (χ2v) is 8.32. The first kappa shape index (κ1) is 27.3. The summed E-state index contributed by atoms with van der Waals surface area (Å²) in [5.74, 6) is -5.02. The second kappa shape index (κ2) is 12.5. The van der Waals surface area contributed by atoms with Crippen molar-refractivity contribution in [2.45, 2.75) is 51.2 Å². The van der Waals surface area contributed by atoms with Crippen LogP contribution in [0.1, 0.15) is 32.3 Å². The van der Waals surface area contributed by atoms with Gasteiger partial charge in [0.05, 0.1) is 19.0 Å². The third kappa shape index (κ3) is 7.81. The summed E-state index contributed by atoms with van der Waals surface area (Å²) in [6.07, 6.45) is 1.62. The van der Waals surface area contributed by atoms with Crippen LogP contribution < -0.4 is 21.7 Å². The number of benzene rings is 1. The van der Waals surface area contributed by atoms with Crippen molar-refractivity contribution >= 4 is 40.6 Å². The van der Waals surface area contributed by atoms with Gasteiger partial charge in [-0.15, -0.1) is 0 Å². The molecule has 12 nitrogen and oxygen atoms in total. The molecule has 3 amide bonds. The lowest BCUT2D eigenvalue weighted by atomic mass is 9.97. The maximum Gasteiger partial charge on any atom is 0.326 e. The highest BCUT2D eigenvalue weighted by molar-refractivity contribution is 5.94. The molecule has 190 valence electrons. The van der Waals surface area contributed by atoms with Crippen LogP contribution in [0.25, 0.3) is 10.9 Å². The van der Waals surface area contributed by atoms with E-state index in [1.54, 1.807) is 20.0 Å². The molecule has 2 rings (SSSR count). The van der Waals surface area contributed by atoms with Crippen molar-refractivity contribution < 1.29 is 34.2 Å². The van der Waals surface area contributed by atoms with Crippen molar-refractivity contribution in [2.24, 2.45) is 11.7 Å². The van der Waals surface area contributed by atoms with Gasteiger partial charge in [0, 0.05) is 23.5 Å². The van der Waals surface area contributed by atoms with Gasteiger partial charge in [0.2, 0.25) is 17.7 Å². The molecule has 8 N–H and O–H groups in total. The van der Waals surface area contributed by atoms with E-state index >= 15 is 0 Å². The zero-order valence-corrected chi connectivity index (χ0v) is 19.5. The van der Waals surface area contributed by atoms with E-state index in [1.165, 1.54) is 0 Å². The fourth-order valence-corrected chi connectivity index (χ4v) is 3.49. The molecule has 0 spiro atoms. The molecule has 0 saturated heterocycles. The van der Waals surface area contributed by atoms with E-state index in [1.807, 2.05) is 24.3 Å². The average molecular weight is 490 g/mol. The van der Waals surface area contributed by atoms with Crippen LogP contribution in [0.2, 0.25) is 0 Å². The summed E-state index contributed by atoms with van der Waals surface area (Å²) in [4.78, 5) is 62.8.